The van der Waals surface area contributed by atoms with Gasteiger partial charge in [-0.05, 0) is 47.0 Å². The number of benzene rings is 3. The standard InChI is InChI=1S/C26H20N2O7S/c29-24-8-4-7-23(28(24)35-36(33,34)22-15-13-21(14-16-22)26(31)32)25(30)27-17-18-9-11-20(12-10-18)19-5-2-1-3-6-19/h1-16H,17H2,(H,27,30)(H,31,32). The molecule has 0 saturated carbocycles. The number of hydrogen-bond donors (Lipinski definition) is 2. The second-order valence-electron chi connectivity index (χ2n) is 7.65. The molecule has 36 heavy (non-hydrogen) atoms. The highest BCUT2D eigenvalue weighted by Crippen LogP contribution is 2.19. The molecule has 0 unspecified atom stereocenters. The molecule has 4 aromatic rings. The average Bonchev–Trinajstić information content (AvgIpc) is 2.89. The number of pyridine rings is 1. The number of amides is 1. The Morgan fingerprint density at radius 1 is 0.806 bits per heavy atom. The zero-order valence-corrected chi connectivity index (χ0v) is 19.5. The lowest BCUT2D eigenvalue weighted by atomic mass is 10.0. The topological polar surface area (TPSA) is 132 Å². The second-order valence-corrected chi connectivity index (χ2v) is 9.18. The third-order valence-corrected chi connectivity index (χ3v) is 6.42. The number of rotatable bonds is 8. The Balaban J connectivity index is 1.50. The molecule has 0 aliphatic heterocycles. The van der Waals surface area contributed by atoms with Gasteiger partial charge in [0.1, 0.15) is 4.90 Å². The Hall–Kier alpha value is -4.70. The molecule has 0 radical (unpaired) electrons. The highest BCUT2D eigenvalue weighted by atomic mass is 32.2. The quantitative estimate of drug-likeness (QED) is 0.377. The van der Waals surface area contributed by atoms with Gasteiger partial charge in [0, 0.05) is 12.6 Å². The summed E-state index contributed by atoms with van der Waals surface area (Å²) in [5.74, 6) is -1.95. The number of carbonyl (C=O) groups excluding carboxylic acids is 1. The number of carboxylic acids is 1. The van der Waals surface area contributed by atoms with Gasteiger partial charge >= 0.3 is 16.1 Å². The third kappa shape index (κ3) is 5.50. The van der Waals surface area contributed by atoms with Crippen LogP contribution < -0.4 is 15.2 Å². The smallest absolute Gasteiger partial charge is 0.357 e. The van der Waals surface area contributed by atoms with Gasteiger partial charge in [-0.25, -0.2) is 4.79 Å². The van der Waals surface area contributed by atoms with Gasteiger partial charge in [0.05, 0.1) is 5.56 Å². The summed E-state index contributed by atoms with van der Waals surface area (Å²) in [4.78, 5) is 35.8. The van der Waals surface area contributed by atoms with Crippen molar-refractivity contribution in [3.8, 4) is 11.1 Å². The molecule has 0 spiro atoms. The molecule has 4 rings (SSSR count). The molecule has 1 aromatic heterocycles. The fraction of sp³-hybridized carbons (Fsp3) is 0.0385. The molecule has 182 valence electrons. The highest BCUT2D eigenvalue weighted by molar-refractivity contribution is 7.87. The van der Waals surface area contributed by atoms with E-state index in [0.29, 0.717) is 4.73 Å². The summed E-state index contributed by atoms with van der Waals surface area (Å²) < 4.78 is 30.7. The lowest BCUT2D eigenvalue weighted by Gasteiger charge is -2.13. The predicted molar refractivity (Wildman–Crippen MR) is 131 cm³/mol. The van der Waals surface area contributed by atoms with Crippen LogP contribution in [0.5, 0.6) is 0 Å². The summed E-state index contributed by atoms with van der Waals surface area (Å²) in [6, 6.07) is 25.2. The Morgan fingerprint density at radius 2 is 1.44 bits per heavy atom. The van der Waals surface area contributed by atoms with Gasteiger partial charge in [0.15, 0.2) is 5.69 Å². The van der Waals surface area contributed by atoms with Crippen molar-refractivity contribution in [3.05, 3.63) is 124 Å². The fourth-order valence-electron chi connectivity index (χ4n) is 3.34. The number of hydrogen-bond acceptors (Lipinski definition) is 6. The van der Waals surface area contributed by atoms with Crippen molar-refractivity contribution in [2.24, 2.45) is 0 Å². The van der Waals surface area contributed by atoms with E-state index in [0.717, 1.165) is 47.0 Å². The Labute approximate surface area is 206 Å². The highest BCUT2D eigenvalue weighted by Gasteiger charge is 2.22. The number of aromatic nitrogens is 1. The van der Waals surface area contributed by atoms with Crippen LogP contribution in [0.15, 0.2) is 107 Å². The van der Waals surface area contributed by atoms with E-state index in [-0.39, 0.29) is 22.7 Å². The van der Waals surface area contributed by atoms with Crippen molar-refractivity contribution >= 4 is 22.0 Å². The van der Waals surface area contributed by atoms with E-state index in [1.807, 2.05) is 54.6 Å². The zero-order valence-electron chi connectivity index (χ0n) is 18.7. The zero-order chi connectivity index (χ0) is 25.7. The molecular formula is C26H20N2O7S. The van der Waals surface area contributed by atoms with Crippen molar-refractivity contribution in [1.82, 2.24) is 10.0 Å². The molecule has 9 nitrogen and oxygen atoms in total. The van der Waals surface area contributed by atoms with Gasteiger partial charge in [-0.15, -0.1) is 4.73 Å². The molecule has 0 saturated heterocycles. The van der Waals surface area contributed by atoms with E-state index >= 15 is 0 Å². The molecule has 2 N–H and O–H groups in total. The minimum atomic E-state index is -4.54. The van der Waals surface area contributed by atoms with Crippen LogP contribution in [0.4, 0.5) is 0 Å². The summed E-state index contributed by atoms with van der Waals surface area (Å²) in [7, 11) is -4.54. The molecular weight excluding hydrogens is 484 g/mol. The van der Waals surface area contributed by atoms with Crippen molar-refractivity contribution in [2.75, 3.05) is 0 Å². The maximum Gasteiger partial charge on any atom is 0.357 e. The summed E-state index contributed by atoms with van der Waals surface area (Å²) in [5, 5.41) is 11.6. The lowest BCUT2D eigenvalue weighted by molar-refractivity contribution is 0.0696. The van der Waals surface area contributed by atoms with Crippen LogP contribution in [0.1, 0.15) is 26.4 Å². The predicted octanol–water partition coefficient (Wildman–Crippen LogP) is 2.96. The summed E-state index contributed by atoms with van der Waals surface area (Å²) in [5.41, 5.74) is 1.53. The number of aromatic carboxylic acids is 1. The van der Waals surface area contributed by atoms with Crippen LogP contribution >= 0.6 is 0 Å². The first-order valence-corrected chi connectivity index (χ1v) is 12.1. The maximum atomic E-state index is 12.8. The Morgan fingerprint density at radius 3 is 2.08 bits per heavy atom. The van der Waals surface area contributed by atoms with Gasteiger partial charge in [0.2, 0.25) is 0 Å². The van der Waals surface area contributed by atoms with E-state index in [1.54, 1.807) is 0 Å². The number of carbonyl (C=O) groups is 2. The van der Waals surface area contributed by atoms with Crippen LogP contribution in [0.25, 0.3) is 11.1 Å². The summed E-state index contributed by atoms with van der Waals surface area (Å²) in [6.07, 6.45) is 0. The second kappa shape index (κ2) is 10.3. The maximum absolute atomic E-state index is 12.8. The van der Waals surface area contributed by atoms with Crippen LogP contribution in [-0.2, 0) is 16.7 Å². The van der Waals surface area contributed by atoms with E-state index in [9.17, 15) is 22.8 Å². The van der Waals surface area contributed by atoms with E-state index in [2.05, 4.69) is 5.32 Å². The van der Waals surface area contributed by atoms with E-state index < -0.39 is 27.6 Å². The number of carboxylic acid groups (broad SMARTS) is 1. The summed E-state index contributed by atoms with van der Waals surface area (Å²) >= 11 is 0. The lowest BCUT2D eigenvalue weighted by Crippen LogP contribution is -2.37. The molecule has 0 aliphatic carbocycles. The minimum absolute atomic E-state index is 0.123. The summed E-state index contributed by atoms with van der Waals surface area (Å²) in [6.45, 7) is 0.125. The Kier molecular flexibility index (Phi) is 6.98. The van der Waals surface area contributed by atoms with Crippen LogP contribution in [0.3, 0.4) is 0 Å². The van der Waals surface area contributed by atoms with Gasteiger partial charge in [-0.3, -0.25) is 13.9 Å². The molecule has 0 aliphatic rings. The van der Waals surface area contributed by atoms with Crippen LogP contribution in [0, 0.1) is 0 Å². The minimum Gasteiger partial charge on any atom is -0.478 e. The number of nitrogens with zero attached hydrogens (tertiary/aromatic N) is 1. The SMILES string of the molecule is O=C(O)c1ccc(S(=O)(=O)On2c(C(=O)NCc3ccc(-c4ccccc4)cc3)cccc2=O)cc1. The van der Waals surface area contributed by atoms with Gasteiger partial charge in [-0.2, -0.15) is 8.42 Å². The monoisotopic (exact) mass is 504 g/mol. The molecule has 0 atom stereocenters. The first-order valence-electron chi connectivity index (χ1n) is 10.7. The van der Waals surface area contributed by atoms with E-state index in [4.69, 9.17) is 9.39 Å². The molecule has 1 heterocycles. The van der Waals surface area contributed by atoms with Gasteiger partial charge < -0.3 is 10.4 Å². The van der Waals surface area contributed by atoms with Crippen LogP contribution in [0.2, 0.25) is 0 Å². The first kappa shape index (κ1) is 24.4. The van der Waals surface area contributed by atoms with Crippen molar-refractivity contribution in [3.63, 3.8) is 0 Å². The largest absolute Gasteiger partial charge is 0.478 e. The fourth-order valence-corrected chi connectivity index (χ4v) is 4.25. The van der Waals surface area contributed by atoms with Gasteiger partial charge in [0.25, 0.3) is 11.5 Å². The van der Waals surface area contributed by atoms with Gasteiger partial charge in [-0.1, -0.05) is 60.7 Å². The van der Waals surface area contributed by atoms with Crippen molar-refractivity contribution in [2.45, 2.75) is 11.4 Å². The molecule has 0 bridgehead atoms. The Bertz CT molecular complexity index is 1560. The van der Waals surface area contributed by atoms with Crippen molar-refractivity contribution in [1.29, 1.82) is 0 Å². The van der Waals surface area contributed by atoms with Crippen molar-refractivity contribution < 1.29 is 27.4 Å². The molecule has 0 fully saturated rings. The molecule has 3 aromatic carbocycles. The van der Waals surface area contributed by atoms with E-state index in [1.165, 1.54) is 12.1 Å². The third-order valence-electron chi connectivity index (χ3n) is 5.22. The average molecular weight is 505 g/mol. The van der Waals surface area contributed by atoms with Crippen LogP contribution in [-0.4, -0.2) is 30.1 Å². The normalized spacial score (nSPS) is 11.0. The first-order chi connectivity index (χ1) is 17.2. The number of nitrogens with one attached hydrogen (secondary N) is 1. The molecule has 1 amide bonds. The molecule has 10 heteroatoms.